The van der Waals surface area contributed by atoms with Gasteiger partial charge in [0.05, 0.1) is 25.5 Å². The van der Waals surface area contributed by atoms with E-state index in [-0.39, 0.29) is 35.6 Å². The molecule has 0 amide bonds. The number of hydrogen-bond donors (Lipinski definition) is 1. The normalized spacial score (nSPS) is 22.6. The molecule has 1 N–H and O–H groups in total. The van der Waals surface area contributed by atoms with Gasteiger partial charge in [-0.2, -0.15) is 0 Å². The average molecular weight is 585 g/mol. The predicted octanol–water partition coefficient (Wildman–Crippen LogP) is 1.94. The van der Waals surface area contributed by atoms with Crippen molar-refractivity contribution in [2.45, 2.75) is 64.0 Å². The van der Waals surface area contributed by atoms with Gasteiger partial charge in [0, 0.05) is 18.4 Å². The molecule has 1 aliphatic carbocycles. The van der Waals surface area contributed by atoms with Gasteiger partial charge in [0.2, 0.25) is 6.79 Å². The van der Waals surface area contributed by atoms with Gasteiger partial charge in [-0.3, -0.25) is 5.41 Å². The number of benzene rings is 2. The monoisotopic (exact) mass is 583 g/mol. The van der Waals surface area contributed by atoms with Crippen LogP contribution in [0, 0.1) is 5.41 Å². The summed E-state index contributed by atoms with van der Waals surface area (Å²) in [5.41, 5.74) is 4.41. The lowest BCUT2D eigenvalue weighted by Crippen LogP contribution is -3.00. The molecule has 6 rings (SSSR count). The summed E-state index contributed by atoms with van der Waals surface area (Å²) in [6.07, 6.45) is 7.95. The van der Waals surface area contributed by atoms with Gasteiger partial charge in [0.15, 0.2) is 22.8 Å². The molecule has 0 bridgehead atoms. The quantitative estimate of drug-likeness (QED) is 0.280. The zero-order valence-electron chi connectivity index (χ0n) is 21.8. The number of aryl methyl sites for hydroxylation is 2. The molecule has 2 aromatic carbocycles. The van der Waals surface area contributed by atoms with E-state index < -0.39 is 5.97 Å². The Kier molecular flexibility index (Phi) is 7.77. The zero-order chi connectivity index (χ0) is 25.4. The van der Waals surface area contributed by atoms with Crippen LogP contribution in [0.4, 0.5) is 0 Å². The second-order valence-corrected chi connectivity index (χ2v) is 10.9. The summed E-state index contributed by atoms with van der Waals surface area (Å²) in [5.74, 6) is 0.987. The number of halogens is 1. The molecule has 0 unspecified atom stereocenters. The third-order valence-electron chi connectivity index (χ3n) is 8.16. The number of hydrogen-bond acceptors (Lipinski definition) is 7. The Morgan fingerprint density at radius 3 is 2.63 bits per heavy atom. The smallest absolute Gasteiger partial charge is 0.358 e. The van der Waals surface area contributed by atoms with Crippen LogP contribution in [-0.2, 0) is 28.9 Å². The molecule has 0 spiro atoms. The van der Waals surface area contributed by atoms with Gasteiger partial charge in [0.25, 0.3) is 0 Å². The lowest BCUT2D eigenvalue weighted by Gasteiger charge is -2.40. The van der Waals surface area contributed by atoms with Crippen molar-refractivity contribution in [3.05, 3.63) is 52.7 Å². The maximum Gasteiger partial charge on any atom is 0.358 e. The lowest BCUT2D eigenvalue weighted by molar-refractivity contribution is -0.927. The van der Waals surface area contributed by atoms with E-state index in [1.165, 1.54) is 29.5 Å². The van der Waals surface area contributed by atoms with Crippen molar-refractivity contribution in [3.8, 4) is 11.5 Å². The lowest BCUT2D eigenvalue weighted by atomic mass is 9.90. The van der Waals surface area contributed by atoms with Crippen LogP contribution in [0.2, 0.25) is 0 Å². The van der Waals surface area contributed by atoms with Crippen LogP contribution in [0.15, 0.2) is 34.9 Å². The van der Waals surface area contributed by atoms with Crippen molar-refractivity contribution >= 4 is 22.7 Å². The third kappa shape index (κ3) is 5.31. The molecular formula is C29H34BrN3O5. The van der Waals surface area contributed by atoms with Crippen molar-refractivity contribution in [2.24, 2.45) is 0 Å². The number of carbonyl (C=O) groups excluding carboxylic acids is 1. The van der Waals surface area contributed by atoms with Gasteiger partial charge in [-0.1, -0.05) is 24.1 Å². The molecule has 0 atom stereocenters. The molecule has 0 radical (unpaired) electrons. The summed E-state index contributed by atoms with van der Waals surface area (Å²) >= 11 is 0. The Hall–Kier alpha value is -2.91. The summed E-state index contributed by atoms with van der Waals surface area (Å²) in [6.45, 7) is 2.93. The van der Waals surface area contributed by atoms with E-state index in [2.05, 4.69) is 30.4 Å². The number of fused-ring (bicyclic) bond motifs is 4. The zero-order valence-corrected chi connectivity index (χ0v) is 23.3. The number of piperidine rings is 1. The van der Waals surface area contributed by atoms with E-state index in [1.54, 1.807) is 0 Å². The van der Waals surface area contributed by atoms with Crippen molar-refractivity contribution in [2.75, 3.05) is 26.9 Å². The number of rotatable bonds is 5. The fourth-order valence-corrected chi connectivity index (χ4v) is 6.04. The molecule has 2 aliphatic heterocycles. The topological polar surface area (TPSA) is 94.6 Å². The van der Waals surface area contributed by atoms with Gasteiger partial charge in [-0.15, -0.1) is 0 Å². The maximum atomic E-state index is 13.0. The summed E-state index contributed by atoms with van der Waals surface area (Å²) in [4.78, 5) is 13.0. The number of carbonyl (C=O) groups is 1. The van der Waals surface area contributed by atoms with Crippen LogP contribution >= 0.6 is 0 Å². The largest absolute Gasteiger partial charge is 1.00 e. The number of nitrogens with zero attached hydrogens (tertiary/aromatic N) is 2. The average Bonchev–Trinajstić information content (AvgIpc) is 3.52. The van der Waals surface area contributed by atoms with Crippen molar-refractivity contribution in [3.63, 3.8) is 0 Å². The Morgan fingerprint density at radius 2 is 1.82 bits per heavy atom. The van der Waals surface area contributed by atoms with Crippen LogP contribution in [-0.4, -0.2) is 54.4 Å². The first kappa shape index (κ1) is 26.7. The van der Waals surface area contributed by atoms with Gasteiger partial charge in [0.1, 0.15) is 18.3 Å². The summed E-state index contributed by atoms with van der Waals surface area (Å²) in [5, 5.41) is 13.6. The number of aromatic nitrogens is 1. The molecule has 1 fully saturated rings. The van der Waals surface area contributed by atoms with Gasteiger partial charge >= 0.3 is 5.97 Å². The number of ether oxygens (including phenoxy) is 3. The van der Waals surface area contributed by atoms with Crippen LogP contribution < -0.4 is 26.5 Å². The Morgan fingerprint density at radius 1 is 1.05 bits per heavy atom. The summed E-state index contributed by atoms with van der Waals surface area (Å²) in [6, 6.07) is 10.2. The van der Waals surface area contributed by atoms with Crippen LogP contribution in [0.5, 0.6) is 11.5 Å². The molecule has 0 saturated carbocycles. The predicted molar refractivity (Wildman–Crippen MR) is 138 cm³/mol. The maximum absolute atomic E-state index is 13.0. The van der Waals surface area contributed by atoms with Crippen molar-refractivity contribution in [1.82, 2.24) is 5.16 Å². The highest BCUT2D eigenvalue weighted by molar-refractivity contribution is 6.43. The van der Waals surface area contributed by atoms with E-state index in [0.717, 1.165) is 79.5 Å². The molecule has 8 nitrogen and oxygen atoms in total. The van der Waals surface area contributed by atoms with Gasteiger partial charge in [-0.05, 0) is 61.1 Å². The van der Waals surface area contributed by atoms with E-state index in [0.29, 0.717) is 11.3 Å². The first-order valence-electron chi connectivity index (χ1n) is 13.4. The number of quaternary nitrogens is 1. The first-order valence-corrected chi connectivity index (χ1v) is 13.4. The number of likely N-dealkylation sites (tertiary alicyclic amines) is 1. The fourth-order valence-electron chi connectivity index (χ4n) is 6.04. The molecule has 1 saturated heterocycles. The molecule has 3 heterocycles. The molecule has 3 aliphatic rings. The van der Waals surface area contributed by atoms with Crippen molar-refractivity contribution in [1.29, 1.82) is 5.41 Å². The minimum absolute atomic E-state index is 0. The number of nitrogens with one attached hydrogen (secondary N) is 1. The highest BCUT2D eigenvalue weighted by Gasteiger charge is 2.34. The highest BCUT2D eigenvalue weighted by Crippen LogP contribution is 2.34. The van der Waals surface area contributed by atoms with E-state index in [9.17, 15) is 4.79 Å². The summed E-state index contributed by atoms with van der Waals surface area (Å²) in [7, 11) is 2.24. The Labute approximate surface area is 233 Å². The van der Waals surface area contributed by atoms with E-state index in [1.807, 2.05) is 12.1 Å². The second-order valence-electron chi connectivity index (χ2n) is 10.9. The summed E-state index contributed by atoms with van der Waals surface area (Å²) < 4.78 is 23.2. The minimum Gasteiger partial charge on any atom is -1.00 e. The molecule has 3 aromatic rings. The minimum atomic E-state index is -0.615. The highest BCUT2D eigenvalue weighted by atomic mass is 79.9. The SMILES string of the molecule is C[N+]1(Cc2ccc3c(c2)OCO3)CCC(OC(=O)C(=N)c2noc3ccc4c(c23)CCCCCC4)CC1.[Br-]. The molecular weight excluding hydrogens is 550 g/mol. The fraction of sp³-hybridized carbons (Fsp3) is 0.483. The molecule has 1 aromatic heterocycles. The van der Waals surface area contributed by atoms with E-state index >= 15 is 0 Å². The molecule has 202 valence electrons. The van der Waals surface area contributed by atoms with Gasteiger partial charge < -0.3 is 40.2 Å². The second kappa shape index (κ2) is 11.1. The van der Waals surface area contributed by atoms with Crippen LogP contribution in [0.25, 0.3) is 11.0 Å². The molecule has 38 heavy (non-hydrogen) atoms. The molecule has 9 heteroatoms. The number of esters is 1. The first-order chi connectivity index (χ1) is 18.0. The Bertz CT molecular complexity index is 1350. The Balaban J connectivity index is 0.00000294. The van der Waals surface area contributed by atoms with Crippen LogP contribution in [0.3, 0.4) is 0 Å². The van der Waals surface area contributed by atoms with Crippen LogP contribution in [0.1, 0.15) is 60.9 Å². The van der Waals surface area contributed by atoms with E-state index in [4.69, 9.17) is 24.1 Å². The van der Waals surface area contributed by atoms with Crippen molar-refractivity contribution < 1.29 is 45.0 Å². The standard InChI is InChI=1S/C29H34N3O5.BrH/c1-32(17-19-8-10-23-25(16-19)35-18-34-23)14-12-21(13-15-32)36-29(33)27(30)28-26-22-7-5-3-2-4-6-20(22)9-11-24(26)37-31-28;/h8-11,16,21,30H,2-7,12-15,17-18H2,1H3;1H/q+1;/p-1. The van der Waals surface area contributed by atoms with Gasteiger partial charge in [-0.25, -0.2) is 4.79 Å². The third-order valence-corrected chi connectivity index (χ3v) is 8.16.